The molecule has 30 heavy (non-hydrogen) atoms. The van der Waals surface area contributed by atoms with E-state index in [1.165, 1.54) is 31.0 Å². The molecule has 0 bridgehead atoms. The quantitative estimate of drug-likeness (QED) is 0.540. The van der Waals surface area contributed by atoms with Crippen LogP contribution in [0, 0.1) is 11.3 Å². The predicted molar refractivity (Wildman–Crippen MR) is 120 cm³/mol. The summed E-state index contributed by atoms with van der Waals surface area (Å²) in [5, 5.41) is 11.7. The summed E-state index contributed by atoms with van der Waals surface area (Å²) in [6, 6.07) is 7.80. The summed E-state index contributed by atoms with van der Waals surface area (Å²) in [6.07, 6.45) is 5.70. The third-order valence-electron chi connectivity index (χ3n) is 6.25. The van der Waals surface area contributed by atoms with Gasteiger partial charge in [-0.3, -0.25) is 4.79 Å². The largest absolute Gasteiger partial charge is 0.494 e. The van der Waals surface area contributed by atoms with Crippen LogP contribution in [0.1, 0.15) is 59.8 Å². The zero-order valence-electron chi connectivity index (χ0n) is 18.4. The van der Waals surface area contributed by atoms with E-state index in [1.807, 2.05) is 31.2 Å². The number of amides is 1. The van der Waals surface area contributed by atoms with Crippen molar-refractivity contribution in [1.29, 1.82) is 0 Å². The van der Waals surface area contributed by atoms with Gasteiger partial charge in [0.1, 0.15) is 5.75 Å². The third kappa shape index (κ3) is 6.00. The van der Waals surface area contributed by atoms with Crippen molar-refractivity contribution in [2.75, 3.05) is 12.4 Å². The van der Waals surface area contributed by atoms with E-state index in [4.69, 9.17) is 9.15 Å². The highest BCUT2D eigenvalue weighted by Crippen LogP contribution is 2.40. The van der Waals surface area contributed by atoms with Crippen LogP contribution in [0.15, 0.2) is 33.9 Å². The van der Waals surface area contributed by atoms with Crippen LogP contribution in [0.25, 0.3) is 11.5 Å². The van der Waals surface area contributed by atoms with Crippen LogP contribution in [0.4, 0.5) is 0 Å². The van der Waals surface area contributed by atoms with Crippen molar-refractivity contribution in [3.63, 3.8) is 0 Å². The molecule has 1 fully saturated rings. The highest BCUT2D eigenvalue weighted by Gasteiger charge is 2.32. The molecule has 1 aromatic heterocycles. The van der Waals surface area contributed by atoms with Gasteiger partial charge in [-0.15, -0.1) is 10.2 Å². The fourth-order valence-corrected chi connectivity index (χ4v) is 4.52. The lowest BCUT2D eigenvalue weighted by molar-refractivity contribution is -0.119. The van der Waals surface area contributed by atoms with Gasteiger partial charge in [0.05, 0.1) is 12.4 Å². The van der Waals surface area contributed by atoms with E-state index in [0.717, 1.165) is 30.1 Å². The maximum absolute atomic E-state index is 12.4. The summed E-state index contributed by atoms with van der Waals surface area (Å²) in [4.78, 5) is 12.4. The minimum Gasteiger partial charge on any atom is -0.494 e. The van der Waals surface area contributed by atoms with Crippen molar-refractivity contribution in [2.24, 2.45) is 11.3 Å². The zero-order chi connectivity index (χ0) is 21.6. The number of thioether (sulfide) groups is 1. The average Bonchev–Trinajstić information content (AvgIpc) is 3.22. The first-order valence-corrected chi connectivity index (χ1v) is 11.9. The molecule has 0 spiro atoms. The molecule has 164 valence electrons. The zero-order valence-corrected chi connectivity index (χ0v) is 19.3. The van der Waals surface area contributed by atoms with Crippen molar-refractivity contribution in [2.45, 2.75) is 71.1 Å². The molecule has 1 amide bonds. The number of carbonyl (C=O) groups is 1. The van der Waals surface area contributed by atoms with E-state index in [2.05, 4.69) is 36.3 Å². The summed E-state index contributed by atoms with van der Waals surface area (Å²) in [6.45, 7) is 9.56. The third-order valence-corrected chi connectivity index (χ3v) is 7.07. The molecule has 0 unspecified atom stereocenters. The second-order valence-corrected chi connectivity index (χ2v) is 9.50. The Bertz CT molecular complexity index is 811. The molecule has 2 aromatic rings. The van der Waals surface area contributed by atoms with Gasteiger partial charge < -0.3 is 14.5 Å². The molecule has 1 aliphatic carbocycles. The van der Waals surface area contributed by atoms with Gasteiger partial charge in [0.25, 0.3) is 5.22 Å². The molecule has 0 saturated heterocycles. The Morgan fingerprint density at radius 2 is 1.87 bits per heavy atom. The van der Waals surface area contributed by atoms with E-state index in [0.29, 0.717) is 23.1 Å². The van der Waals surface area contributed by atoms with Gasteiger partial charge in [-0.2, -0.15) is 0 Å². The number of ether oxygens (including phenoxy) is 1. The summed E-state index contributed by atoms with van der Waals surface area (Å²) in [5.74, 6) is 2.31. The first-order chi connectivity index (χ1) is 14.4. The summed E-state index contributed by atoms with van der Waals surface area (Å²) < 4.78 is 11.1. The van der Waals surface area contributed by atoms with Crippen molar-refractivity contribution in [3.05, 3.63) is 24.3 Å². The van der Waals surface area contributed by atoms with E-state index in [1.54, 1.807) is 0 Å². The van der Waals surface area contributed by atoms with E-state index in [-0.39, 0.29) is 17.7 Å². The number of aromatic nitrogens is 2. The van der Waals surface area contributed by atoms with E-state index in [9.17, 15) is 4.79 Å². The van der Waals surface area contributed by atoms with Crippen LogP contribution in [0.3, 0.4) is 0 Å². The minimum absolute atomic E-state index is 0.0269. The second-order valence-electron chi connectivity index (χ2n) is 8.58. The van der Waals surface area contributed by atoms with Gasteiger partial charge >= 0.3 is 0 Å². The molecular weight excluding hydrogens is 398 g/mol. The SMILES string of the molecule is CCOc1ccc(-c2nnc(SCC(=O)NC3CCC(C(C)(C)CC)CC3)o2)cc1. The Morgan fingerprint density at radius 3 is 2.50 bits per heavy atom. The second kappa shape index (κ2) is 10.3. The molecule has 0 atom stereocenters. The number of benzene rings is 1. The first kappa shape index (κ1) is 22.7. The summed E-state index contributed by atoms with van der Waals surface area (Å²) >= 11 is 1.28. The van der Waals surface area contributed by atoms with Crippen molar-refractivity contribution in [1.82, 2.24) is 15.5 Å². The smallest absolute Gasteiger partial charge is 0.277 e. The lowest BCUT2D eigenvalue weighted by Crippen LogP contribution is -2.40. The Kier molecular flexibility index (Phi) is 7.81. The number of rotatable bonds is 9. The molecule has 1 aromatic carbocycles. The van der Waals surface area contributed by atoms with Gasteiger partial charge in [0.2, 0.25) is 11.8 Å². The van der Waals surface area contributed by atoms with Crippen LogP contribution in [0.2, 0.25) is 0 Å². The molecule has 3 rings (SSSR count). The topological polar surface area (TPSA) is 77.2 Å². The van der Waals surface area contributed by atoms with Gasteiger partial charge in [-0.05, 0) is 68.2 Å². The monoisotopic (exact) mass is 431 g/mol. The van der Waals surface area contributed by atoms with Crippen LogP contribution >= 0.6 is 11.8 Å². The molecule has 1 heterocycles. The van der Waals surface area contributed by atoms with Gasteiger partial charge in [-0.1, -0.05) is 39.0 Å². The molecule has 1 aliphatic rings. The minimum atomic E-state index is 0.0269. The van der Waals surface area contributed by atoms with E-state index < -0.39 is 0 Å². The lowest BCUT2D eigenvalue weighted by Gasteiger charge is -2.39. The number of nitrogens with one attached hydrogen (secondary N) is 1. The Labute approximate surface area is 183 Å². The maximum atomic E-state index is 12.4. The molecular formula is C23H33N3O3S. The fraction of sp³-hybridized carbons (Fsp3) is 0.609. The molecule has 1 saturated carbocycles. The standard InChI is InChI=1S/C23H33N3O3S/c1-5-23(3,4)17-9-11-18(12-10-17)24-20(27)15-30-22-26-25-21(29-22)16-7-13-19(14-8-16)28-6-2/h7-8,13-14,17-18H,5-6,9-12,15H2,1-4H3,(H,24,27). The molecule has 7 heteroatoms. The Hall–Kier alpha value is -2.02. The first-order valence-electron chi connectivity index (χ1n) is 10.9. The predicted octanol–water partition coefficient (Wildman–Crippen LogP) is 5.34. The Balaban J connectivity index is 1.43. The van der Waals surface area contributed by atoms with Crippen LogP contribution in [-0.4, -0.2) is 34.5 Å². The highest BCUT2D eigenvalue weighted by molar-refractivity contribution is 7.99. The normalized spacial score (nSPS) is 19.5. The van der Waals surface area contributed by atoms with E-state index >= 15 is 0 Å². The number of nitrogens with zero attached hydrogens (tertiary/aromatic N) is 2. The molecule has 0 radical (unpaired) electrons. The van der Waals surface area contributed by atoms with Crippen LogP contribution in [-0.2, 0) is 4.79 Å². The van der Waals surface area contributed by atoms with Crippen LogP contribution in [0.5, 0.6) is 5.75 Å². The highest BCUT2D eigenvalue weighted by atomic mass is 32.2. The number of hydrogen-bond acceptors (Lipinski definition) is 6. The molecule has 1 N–H and O–H groups in total. The van der Waals surface area contributed by atoms with Gasteiger partial charge in [0.15, 0.2) is 0 Å². The number of hydrogen-bond donors (Lipinski definition) is 1. The fourth-order valence-electron chi connectivity index (χ4n) is 3.95. The average molecular weight is 432 g/mol. The summed E-state index contributed by atoms with van der Waals surface area (Å²) in [7, 11) is 0. The van der Waals surface area contributed by atoms with Crippen molar-refractivity contribution < 1.29 is 13.9 Å². The van der Waals surface area contributed by atoms with Crippen molar-refractivity contribution in [3.8, 4) is 17.2 Å². The lowest BCUT2D eigenvalue weighted by atomic mass is 9.69. The maximum Gasteiger partial charge on any atom is 0.277 e. The Morgan fingerprint density at radius 1 is 1.17 bits per heavy atom. The van der Waals surface area contributed by atoms with Gasteiger partial charge in [0, 0.05) is 11.6 Å². The molecule has 0 aliphatic heterocycles. The van der Waals surface area contributed by atoms with Crippen LogP contribution < -0.4 is 10.1 Å². The molecule has 6 nitrogen and oxygen atoms in total. The van der Waals surface area contributed by atoms with Gasteiger partial charge in [-0.25, -0.2) is 0 Å². The summed E-state index contributed by atoms with van der Waals surface area (Å²) in [5.41, 5.74) is 1.22. The number of carbonyl (C=O) groups excluding carboxylic acids is 1. The van der Waals surface area contributed by atoms with Crippen molar-refractivity contribution >= 4 is 17.7 Å².